The van der Waals surface area contributed by atoms with Gasteiger partial charge in [-0.1, -0.05) is 58.9 Å². The monoisotopic (exact) mass is 368 g/mol. The minimum atomic E-state index is 0.455. The topological polar surface area (TPSA) is 18.5 Å². The Bertz CT molecular complexity index is 855. The molecule has 0 saturated heterocycles. The number of halogens is 1. The lowest BCUT2D eigenvalue weighted by atomic mass is 10.0. The molecule has 0 fully saturated rings. The van der Waals surface area contributed by atoms with Crippen molar-refractivity contribution >= 4 is 32.8 Å². The number of hydrogen-bond donors (Lipinski definition) is 0. The second-order valence-electron chi connectivity index (χ2n) is 5.15. The maximum atomic E-state index is 6.05. The molecule has 0 spiro atoms. The Hall–Kier alpha value is -2.26. The molecule has 0 aromatic heterocycles. The molecule has 0 aliphatic heterocycles. The van der Waals surface area contributed by atoms with Crippen molar-refractivity contribution in [2.45, 2.75) is 6.61 Å². The summed E-state index contributed by atoms with van der Waals surface area (Å²) in [7, 11) is 1.66. The van der Waals surface area contributed by atoms with Gasteiger partial charge in [0.15, 0.2) is 0 Å². The quantitative estimate of drug-likeness (QED) is 0.563. The van der Waals surface area contributed by atoms with Crippen molar-refractivity contribution in [2.75, 3.05) is 7.11 Å². The fourth-order valence-corrected chi connectivity index (χ4v) is 2.92. The molecular formula is C20H17BrO2. The molecule has 0 amide bonds. The predicted octanol–water partition coefficient (Wildman–Crippen LogP) is 5.83. The van der Waals surface area contributed by atoms with Crippen LogP contribution in [-0.2, 0) is 6.61 Å². The highest BCUT2D eigenvalue weighted by Gasteiger charge is 2.08. The summed E-state index contributed by atoms with van der Waals surface area (Å²) in [4.78, 5) is 0. The van der Waals surface area contributed by atoms with E-state index in [-0.39, 0.29) is 0 Å². The summed E-state index contributed by atoms with van der Waals surface area (Å²) in [6.45, 7) is 4.39. The van der Waals surface area contributed by atoms with Gasteiger partial charge < -0.3 is 9.47 Å². The second-order valence-corrected chi connectivity index (χ2v) is 6.00. The molecule has 23 heavy (non-hydrogen) atoms. The average molecular weight is 369 g/mol. The Balaban J connectivity index is 1.92. The van der Waals surface area contributed by atoms with Crippen LogP contribution in [0.4, 0.5) is 0 Å². The molecular weight excluding hydrogens is 352 g/mol. The van der Waals surface area contributed by atoms with Gasteiger partial charge >= 0.3 is 0 Å². The predicted molar refractivity (Wildman–Crippen MR) is 99.1 cm³/mol. The molecule has 0 N–H and O–H groups in total. The normalized spacial score (nSPS) is 10.5. The molecule has 0 unspecified atom stereocenters. The number of benzene rings is 3. The van der Waals surface area contributed by atoms with Crippen molar-refractivity contribution < 1.29 is 9.47 Å². The molecule has 0 saturated carbocycles. The number of rotatable bonds is 5. The summed E-state index contributed by atoms with van der Waals surface area (Å²) in [5.74, 6) is 1.64. The van der Waals surface area contributed by atoms with Gasteiger partial charge in [-0.25, -0.2) is 0 Å². The first-order chi connectivity index (χ1) is 11.2. The highest BCUT2D eigenvalue weighted by Crippen LogP contribution is 2.30. The van der Waals surface area contributed by atoms with Gasteiger partial charge in [-0.05, 0) is 35.0 Å². The lowest BCUT2D eigenvalue weighted by Crippen LogP contribution is -1.99. The smallest absolute Gasteiger partial charge is 0.127 e. The number of fused-ring (bicyclic) bond motifs is 1. The van der Waals surface area contributed by atoms with Crippen molar-refractivity contribution in [3.05, 3.63) is 76.8 Å². The van der Waals surface area contributed by atoms with Gasteiger partial charge in [0, 0.05) is 15.6 Å². The van der Waals surface area contributed by atoms with Gasteiger partial charge in [0.2, 0.25) is 0 Å². The minimum Gasteiger partial charge on any atom is -0.497 e. The number of ether oxygens (including phenoxy) is 2. The summed E-state index contributed by atoms with van der Waals surface area (Å²) in [5, 5.41) is 2.32. The van der Waals surface area contributed by atoms with Crippen LogP contribution in [0.2, 0.25) is 0 Å². The summed E-state index contributed by atoms with van der Waals surface area (Å²) < 4.78 is 12.3. The fourth-order valence-electron chi connectivity index (χ4n) is 2.56. The zero-order chi connectivity index (χ0) is 16.2. The molecule has 116 valence electrons. The van der Waals surface area contributed by atoms with Crippen LogP contribution in [0.25, 0.3) is 16.8 Å². The first-order valence-electron chi connectivity index (χ1n) is 7.32. The SMILES string of the molecule is C=Cc1c(OCc2cc(OC)ccc2Br)ccc2ccccc12. The molecule has 2 nitrogen and oxygen atoms in total. The van der Waals surface area contributed by atoms with E-state index in [4.69, 9.17) is 9.47 Å². The van der Waals surface area contributed by atoms with Crippen LogP contribution in [0, 0.1) is 0 Å². The van der Waals surface area contributed by atoms with E-state index in [9.17, 15) is 0 Å². The Labute approximate surface area is 144 Å². The maximum Gasteiger partial charge on any atom is 0.127 e. The van der Waals surface area contributed by atoms with Crippen molar-refractivity contribution in [1.29, 1.82) is 0 Å². The molecule has 3 aromatic carbocycles. The molecule has 3 aromatic rings. The van der Waals surface area contributed by atoms with E-state index in [1.807, 2.05) is 42.5 Å². The fraction of sp³-hybridized carbons (Fsp3) is 0.100. The molecule has 3 rings (SSSR count). The lowest BCUT2D eigenvalue weighted by molar-refractivity contribution is 0.304. The van der Waals surface area contributed by atoms with E-state index >= 15 is 0 Å². The summed E-state index contributed by atoms with van der Waals surface area (Å²) in [6.07, 6.45) is 1.85. The molecule has 0 heterocycles. The zero-order valence-corrected chi connectivity index (χ0v) is 14.5. The van der Waals surface area contributed by atoms with Crippen LogP contribution in [-0.4, -0.2) is 7.11 Å². The van der Waals surface area contributed by atoms with Crippen molar-refractivity contribution in [1.82, 2.24) is 0 Å². The minimum absolute atomic E-state index is 0.455. The molecule has 0 bridgehead atoms. The first-order valence-corrected chi connectivity index (χ1v) is 8.11. The van der Waals surface area contributed by atoms with E-state index in [2.05, 4.69) is 40.7 Å². The maximum absolute atomic E-state index is 6.05. The van der Waals surface area contributed by atoms with E-state index in [0.717, 1.165) is 32.5 Å². The zero-order valence-electron chi connectivity index (χ0n) is 12.9. The van der Waals surface area contributed by atoms with E-state index in [1.54, 1.807) is 7.11 Å². The Morgan fingerprint density at radius 2 is 1.91 bits per heavy atom. The number of hydrogen-bond acceptors (Lipinski definition) is 2. The van der Waals surface area contributed by atoms with Crippen molar-refractivity contribution in [3.8, 4) is 11.5 Å². The summed E-state index contributed by atoms with van der Waals surface area (Å²) in [5.41, 5.74) is 2.05. The summed E-state index contributed by atoms with van der Waals surface area (Å²) >= 11 is 3.55. The summed E-state index contributed by atoms with van der Waals surface area (Å²) in [6, 6.07) is 18.1. The Morgan fingerprint density at radius 1 is 1.09 bits per heavy atom. The van der Waals surface area contributed by atoms with Crippen LogP contribution in [0.1, 0.15) is 11.1 Å². The van der Waals surface area contributed by atoms with Gasteiger partial charge in [0.05, 0.1) is 7.11 Å². The van der Waals surface area contributed by atoms with Gasteiger partial charge in [0.25, 0.3) is 0 Å². The van der Waals surface area contributed by atoms with Gasteiger partial charge in [-0.2, -0.15) is 0 Å². The Kier molecular flexibility index (Phi) is 4.68. The molecule has 0 atom stereocenters. The first kappa shape index (κ1) is 15.6. The Morgan fingerprint density at radius 3 is 2.70 bits per heavy atom. The van der Waals surface area contributed by atoms with Crippen LogP contribution >= 0.6 is 15.9 Å². The molecule has 0 aliphatic carbocycles. The molecule has 3 heteroatoms. The lowest BCUT2D eigenvalue weighted by Gasteiger charge is -2.13. The van der Waals surface area contributed by atoms with E-state index in [1.165, 1.54) is 5.39 Å². The second kappa shape index (κ2) is 6.88. The third-order valence-electron chi connectivity index (χ3n) is 3.77. The third-order valence-corrected chi connectivity index (χ3v) is 4.54. The number of methoxy groups -OCH3 is 1. The highest BCUT2D eigenvalue weighted by molar-refractivity contribution is 9.10. The van der Waals surface area contributed by atoms with E-state index in [0.29, 0.717) is 6.61 Å². The molecule has 0 radical (unpaired) electrons. The molecule has 0 aliphatic rings. The van der Waals surface area contributed by atoms with Crippen LogP contribution in [0.3, 0.4) is 0 Å². The van der Waals surface area contributed by atoms with Crippen LogP contribution < -0.4 is 9.47 Å². The van der Waals surface area contributed by atoms with E-state index < -0.39 is 0 Å². The van der Waals surface area contributed by atoms with Crippen LogP contribution in [0.5, 0.6) is 11.5 Å². The van der Waals surface area contributed by atoms with Crippen molar-refractivity contribution in [2.24, 2.45) is 0 Å². The largest absolute Gasteiger partial charge is 0.497 e. The average Bonchev–Trinajstić information content (AvgIpc) is 2.60. The highest BCUT2D eigenvalue weighted by atomic mass is 79.9. The third kappa shape index (κ3) is 3.25. The van der Waals surface area contributed by atoms with Crippen LogP contribution in [0.15, 0.2) is 65.6 Å². The van der Waals surface area contributed by atoms with Gasteiger partial charge in [-0.3, -0.25) is 0 Å². The van der Waals surface area contributed by atoms with Gasteiger partial charge in [0.1, 0.15) is 18.1 Å². The van der Waals surface area contributed by atoms with Gasteiger partial charge in [-0.15, -0.1) is 0 Å². The van der Waals surface area contributed by atoms with Crippen molar-refractivity contribution in [3.63, 3.8) is 0 Å². The standard InChI is InChI=1S/C20H17BrO2/c1-3-17-18-7-5-4-6-14(18)8-11-20(17)23-13-15-12-16(22-2)9-10-19(15)21/h3-12H,1,13H2,2H3.